The normalized spacial score (nSPS) is 14.7. The molecule has 0 saturated carbocycles. The Balaban J connectivity index is 0.00000147. The van der Waals surface area contributed by atoms with Crippen LogP contribution in [0.5, 0.6) is 0 Å². The van der Waals surface area contributed by atoms with E-state index in [1.807, 2.05) is 0 Å². The molecule has 0 amide bonds. The van der Waals surface area contributed by atoms with Gasteiger partial charge in [0.1, 0.15) is 11.5 Å². The van der Waals surface area contributed by atoms with E-state index in [-0.39, 0.29) is 12.1 Å². The summed E-state index contributed by atoms with van der Waals surface area (Å²) in [7, 11) is 0. The van der Waals surface area contributed by atoms with Gasteiger partial charge >= 0.3 is 0 Å². The summed E-state index contributed by atoms with van der Waals surface area (Å²) >= 11 is 0. The number of anilines is 2. The van der Waals surface area contributed by atoms with E-state index in [9.17, 15) is 0 Å². The number of nitrogens with two attached hydrogens (primary N) is 1. The third-order valence-corrected chi connectivity index (χ3v) is 3.02. The SMILES string of the molecule is N.Nc1nccc(-c2cnc(N3CCNCC3)cn2)n1. The van der Waals surface area contributed by atoms with Gasteiger partial charge in [-0.1, -0.05) is 0 Å². The smallest absolute Gasteiger partial charge is 0.220 e. The van der Waals surface area contributed by atoms with E-state index in [2.05, 4.69) is 30.2 Å². The molecule has 0 aliphatic carbocycles. The van der Waals surface area contributed by atoms with Crippen LogP contribution < -0.4 is 22.1 Å². The molecule has 3 heterocycles. The van der Waals surface area contributed by atoms with Crippen molar-refractivity contribution >= 4 is 11.8 Å². The number of nitrogens with zero attached hydrogens (tertiary/aromatic N) is 5. The second-order valence-corrected chi connectivity index (χ2v) is 4.30. The molecule has 0 atom stereocenters. The van der Waals surface area contributed by atoms with E-state index >= 15 is 0 Å². The van der Waals surface area contributed by atoms with Crippen LogP contribution in [0.25, 0.3) is 11.4 Å². The Bertz CT molecular complexity index is 550. The van der Waals surface area contributed by atoms with Gasteiger partial charge in [0.15, 0.2) is 0 Å². The minimum Gasteiger partial charge on any atom is -0.368 e. The predicted molar refractivity (Wildman–Crippen MR) is 77.6 cm³/mol. The number of hydrogen-bond acceptors (Lipinski definition) is 8. The molecule has 2 aromatic heterocycles. The lowest BCUT2D eigenvalue weighted by atomic mass is 10.3. The third-order valence-electron chi connectivity index (χ3n) is 3.02. The van der Waals surface area contributed by atoms with Gasteiger partial charge < -0.3 is 22.1 Å². The first kappa shape index (κ1) is 14.1. The van der Waals surface area contributed by atoms with E-state index in [1.165, 1.54) is 0 Å². The van der Waals surface area contributed by atoms with Gasteiger partial charge in [-0.3, -0.25) is 0 Å². The van der Waals surface area contributed by atoms with Gasteiger partial charge in [0, 0.05) is 32.4 Å². The second kappa shape index (κ2) is 6.22. The lowest BCUT2D eigenvalue weighted by Crippen LogP contribution is -2.43. The molecule has 20 heavy (non-hydrogen) atoms. The largest absolute Gasteiger partial charge is 0.368 e. The van der Waals surface area contributed by atoms with Gasteiger partial charge in [0.25, 0.3) is 0 Å². The summed E-state index contributed by atoms with van der Waals surface area (Å²) < 4.78 is 0. The minimum absolute atomic E-state index is 0. The van der Waals surface area contributed by atoms with E-state index in [0.29, 0.717) is 11.4 Å². The second-order valence-electron chi connectivity index (χ2n) is 4.30. The maximum atomic E-state index is 5.56. The number of hydrogen-bond donors (Lipinski definition) is 3. The highest BCUT2D eigenvalue weighted by atomic mass is 15.2. The van der Waals surface area contributed by atoms with Gasteiger partial charge in [0.05, 0.1) is 18.1 Å². The van der Waals surface area contributed by atoms with Crippen LogP contribution in [0.4, 0.5) is 11.8 Å². The Morgan fingerprint density at radius 2 is 1.85 bits per heavy atom. The number of aromatic nitrogens is 4. The van der Waals surface area contributed by atoms with Crippen LogP contribution in [0.3, 0.4) is 0 Å². The molecule has 1 saturated heterocycles. The fraction of sp³-hybridized carbons (Fsp3) is 0.333. The molecule has 0 unspecified atom stereocenters. The van der Waals surface area contributed by atoms with Crippen LogP contribution in [0.1, 0.15) is 0 Å². The number of nitrogens with one attached hydrogen (secondary N) is 1. The molecule has 0 spiro atoms. The van der Waals surface area contributed by atoms with Crippen molar-refractivity contribution in [3.8, 4) is 11.4 Å². The summed E-state index contributed by atoms with van der Waals surface area (Å²) in [4.78, 5) is 19.0. The summed E-state index contributed by atoms with van der Waals surface area (Å²) in [5.74, 6) is 1.14. The zero-order valence-corrected chi connectivity index (χ0v) is 11.2. The molecule has 8 nitrogen and oxygen atoms in total. The molecule has 1 aliphatic rings. The average molecular weight is 274 g/mol. The summed E-state index contributed by atoms with van der Waals surface area (Å²) in [5.41, 5.74) is 6.95. The quantitative estimate of drug-likeness (QED) is 0.702. The predicted octanol–water partition coefficient (Wildman–Crippen LogP) is 0.0874. The maximum absolute atomic E-state index is 5.56. The first-order chi connectivity index (χ1) is 9.33. The summed E-state index contributed by atoms with van der Waals surface area (Å²) in [6.45, 7) is 3.86. The molecule has 6 N–H and O–H groups in total. The topological polar surface area (TPSA) is 128 Å². The summed E-state index contributed by atoms with van der Waals surface area (Å²) in [6.07, 6.45) is 5.11. The van der Waals surface area contributed by atoms with Crippen molar-refractivity contribution in [2.24, 2.45) is 0 Å². The first-order valence-corrected chi connectivity index (χ1v) is 6.19. The van der Waals surface area contributed by atoms with Gasteiger partial charge in [-0.15, -0.1) is 0 Å². The van der Waals surface area contributed by atoms with Crippen molar-refractivity contribution in [2.45, 2.75) is 0 Å². The molecule has 0 aromatic carbocycles. The summed E-state index contributed by atoms with van der Waals surface area (Å²) in [5, 5.41) is 3.31. The Kier molecular flexibility index (Phi) is 4.38. The van der Waals surface area contributed by atoms with Crippen molar-refractivity contribution < 1.29 is 0 Å². The number of rotatable bonds is 2. The van der Waals surface area contributed by atoms with Crippen LogP contribution in [0, 0.1) is 0 Å². The van der Waals surface area contributed by atoms with E-state index in [4.69, 9.17) is 5.73 Å². The lowest BCUT2D eigenvalue weighted by Gasteiger charge is -2.27. The maximum Gasteiger partial charge on any atom is 0.220 e. The van der Waals surface area contributed by atoms with Crippen molar-refractivity contribution in [3.63, 3.8) is 0 Å². The zero-order chi connectivity index (χ0) is 13.1. The summed E-state index contributed by atoms with van der Waals surface area (Å²) in [6, 6.07) is 1.77. The molecule has 2 aromatic rings. The van der Waals surface area contributed by atoms with E-state index in [1.54, 1.807) is 24.7 Å². The molecule has 106 valence electrons. The fourth-order valence-corrected chi connectivity index (χ4v) is 2.03. The van der Waals surface area contributed by atoms with Crippen LogP contribution in [0.15, 0.2) is 24.7 Å². The Labute approximate surface area is 117 Å². The highest BCUT2D eigenvalue weighted by molar-refractivity contribution is 5.55. The fourth-order valence-electron chi connectivity index (χ4n) is 2.03. The first-order valence-electron chi connectivity index (χ1n) is 6.19. The van der Waals surface area contributed by atoms with Crippen molar-refractivity contribution in [1.29, 1.82) is 0 Å². The Morgan fingerprint density at radius 1 is 1.05 bits per heavy atom. The van der Waals surface area contributed by atoms with Crippen LogP contribution in [-0.4, -0.2) is 46.1 Å². The number of nitrogen functional groups attached to an aromatic ring is 1. The van der Waals surface area contributed by atoms with Crippen LogP contribution >= 0.6 is 0 Å². The molecular weight excluding hydrogens is 256 g/mol. The monoisotopic (exact) mass is 274 g/mol. The highest BCUT2D eigenvalue weighted by Crippen LogP contribution is 2.16. The third kappa shape index (κ3) is 2.98. The van der Waals surface area contributed by atoms with Crippen LogP contribution in [-0.2, 0) is 0 Å². The van der Waals surface area contributed by atoms with Gasteiger partial charge in [-0.2, -0.15) is 0 Å². The standard InChI is InChI=1S/C12H15N7.H3N/c13-12-15-2-1-9(18-12)10-7-17-11(8-16-10)19-5-3-14-4-6-19;/h1-2,7-8,14H,3-6H2,(H2,13,15,18);1H3. The van der Waals surface area contributed by atoms with Gasteiger partial charge in [-0.05, 0) is 6.07 Å². The lowest BCUT2D eigenvalue weighted by molar-refractivity contribution is 0.584. The molecule has 8 heteroatoms. The highest BCUT2D eigenvalue weighted by Gasteiger charge is 2.12. The molecule has 1 fully saturated rings. The Hall–Kier alpha value is -2.32. The van der Waals surface area contributed by atoms with Crippen molar-refractivity contribution in [3.05, 3.63) is 24.7 Å². The van der Waals surface area contributed by atoms with Crippen molar-refractivity contribution in [1.82, 2.24) is 31.4 Å². The average Bonchev–Trinajstić information content (AvgIpc) is 2.48. The van der Waals surface area contributed by atoms with Gasteiger partial charge in [0.2, 0.25) is 5.95 Å². The zero-order valence-electron chi connectivity index (χ0n) is 11.2. The van der Waals surface area contributed by atoms with Gasteiger partial charge in [-0.25, -0.2) is 19.9 Å². The molecular formula is C12H18N8. The molecule has 3 rings (SSSR count). The number of piperazine rings is 1. The Morgan fingerprint density at radius 3 is 2.50 bits per heavy atom. The minimum atomic E-state index is 0. The molecule has 0 bridgehead atoms. The molecule has 0 radical (unpaired) electrons. The van der Waals surface area contributed by atoms with Crippen LogP contribution in [0.2, 0.25) is 0 Å². The van der Waals surface area contributed by atoms with Crippen molar-refractivity contribution in [2.75, 3.05) is 36.8 Å². The van der Waals surface area contributed by atoms with E-state index in [0.717, 1.165) is 32.0 Å². The van der Waals surface area contributed by atoms with E-state index < -0.39 is 0 Å². The molecule has 1 aliphatic heterocycles.